The summed E-state index contributed by atoms with van der Waals surface area (Å²) in [6, 6.07) is 15.2. The van der Waals surface area contributed by atoms with Gasteiger partial charge >= 0.3 is 0 Å². The van der Waals surface area contributed by atoms with Crippen LogP contribution in [0.1, 0.15) is 12.0 Å². The lowest BCUT2D eigenvalue weighted by atomic mass is 10.1. The van der Waals surface area contributed by atoms with Crippen molar-refractivity contribution >= 4 is 40.5 Å². The second kappa shape index (κ2) is 9.79. The third kappa shape index (κ3) is 5.17. The van der Waals surface area contributed by atoms with Crippen LogP contribution in [0, 0.1) is 11.3 Å². The summed E-state index contributed by atoms with van der Waals surface area (Å²) >= 11 is 12.5. The number of hydrogen-bond acceptors (Lipinski definition) is 4. The highest BCUT2D eigenvalue weighted by Crippen LogP contribution is 2.33. The molecule has 1 fully saturated rings. The molecule has 0 atom stereocenters. The van der Waals surface area contributed by atoms with Crippen LogP contribution >= 0.6 is 23.2 Å². The minimum Gasteiger partial charge on any atom is -0.353 e. The lowest BCUT2D eigenvalue weighted by Crippen LogP contribution is -2.49. The minimum atomic E-state index is 0.0967. The molecular weight excluding hydrogens is 395 g/mol. The summed E-state index contributed by atoms with van der Waals surface area (Å²) in [5, 5.41) is 13.0. The van der Waals surface area contributed by atoms with Crippen LogP contribution in [0.15, 0.2) is 42.5 Å². The first-order valence-corrected chi connectivity index (χ1v) is 10.00. The van der Waals surface area contributed by atoms with Crippen LogP contribution in [-0.4, -0.2) is 48.4 Å². The minimum absolute atomic E-state index is 0.0967. The van der Waals surface area contributed by atoms with Crippen LogP contribution < -0.4 is 5.32 Å². The van der Waals surface area contributed by atoms with E-state index in [4.69, 9.17) is 28.5 Å². The Hall–Kier alpha value is -2.26. The second-order valence-corrected chi connectivity index (χ2v) is 7.50. The quantitative estimate of drug-likeness (QED) is 0.760. The normalized spacial score (nSPS) is 14.5. The summed E-state index contributed by atoms with van der Waals surface area (Å²) in [6.45, 7) is 3.77. The number of piperazine rings is 1. The molecule has 3 rings (SSSR count). The van der Waals surface area contributed by atoms with Crippen molar-refractivity contribution in [1.29, 1.82) is 5.26 Å². The molecule has 5 nitrogen and oxygen atoms in total. The molecule has 7 heteroatoms. The van der Waals surface area contributed by atoms with Gasteiger partial charge in [-0.25, -0.2) is 0 Å². The Morgan fingerprint density at radius 2 is 1.71 bits per heavy atom. The lowest BCUT2D eigenvalue weighted by molar-refractivity contribution is -0.132. The highest BCUT2D eigenvalue weighted by molar-refractivity contribution is 6.39. The van der Waals surface area contributed by atoms with Crippen molar-refractivity contribution in [3.63, 3.8) is 0 Å². The molecule has 1 heterocycles. The fourth-order valence-electron chi connectivity index (χ4n) is 3.25. The molecule has 1 N–H and O–H groups in total. The van der Waals surface area contributed by atoms with E-state index in [1.54, 1.807) is 18.2 Å². The average molecular weight is 417 g/mol. The van der Waals surface area contributed by atoms with E-state index < -0.39 is 0 Å². The molecule has 0 radical (unpaired) electrons. The number of para-hydroxylation sites is 2. The fraction of sp³-hybridized carbons (Fsp3) is 0.333. The number of amides is 1. The van der Waals surface area contributed by atoms with Crippen LogP contribution in [0.25, 0.3) is 0 Å². The molecule has 0 bridgehead atoms. The summed E-state index contributed by atoms with van der Waals surface area (Å²) in [5.74, 6) is 0.0967. The largest absolute Gasteiger partial charge is 0.353 e. The zero-order chi connectivity index (χ0) is 19.9. The molecule has 0 aromatic heterocycles. The van der Waals surface area contributed by atoms with Gasteiger partial charge in [-0.2, -0.15) is 5.26 Å². The maximum atomic E-state index is 12.8. The van der Waals surface area contributed by atoms with E-state index in [0.29, 0.717) is 41.7 Å². The third-order valence-electron chi connectivity index (χ3n) is 4.85. The average Bonchev–Trinajstić information content (AvgIpc) is 2.71. The zero-order valence-electron chi connectivity index (χ0n) is 15.5. The van der Waals surface area contributed by atoms with E-state index >= 15 is 0 Å². The van der Waals surface area contributed by atoms with Crippen molar-refractivity contribution in [3.05, 3.63) is 58.1 Å². The topological polar surface area (TPSA) is 59.4 Å². The monoisotopic (exact) mass is 416 g/mol. The van der Waals surface area contributed by atoms with Crippen LogP contribution in [0.3, 0.4) is 0 Å². The van der Waals surface area contributed by atoms with Crippen molar-refractivity contribution < 1.29 is 4.79 Å². The summed E-state index contributed by atoms with van der Waals surface area (Å²) in [7, 11) is 0. The SMILES string of the molecule is N#CCCN1CCN(C(=O)Cc2ccccc2Nc2c(Cl)cccc2Cl)CC1. The standard InChI is InChI=1S/C21H22Cl2N4O/c22-17-6-3-7-18(23)21(17)25-19-8-2-1-5-16(19)15-20(28)27-13-11-26(12-14-27)10-4-9-24/h1-3,5-8,25H,4,10-15H2. The number of carbonyl (C=O) groups is 1. The first-order chi connectivity index (χ1) is 13.6. The number of carbonyl (C=O) groups excluding carboxylic acids is 1. The Bertz CT molecular complexity index is 853. The van der Waals surface area contributed by atoms with Crippen molar-refractivity contribution in [3.8, 4) is 6.07 Å². The van der Waals surface area contributed by atoms with Gasteiger partial charge in [0.25, 0.3) is 0 Å². The molecule has 0 saturated carbocycles. The Morgan fingerprint density at radius 3 is 2.39 bits per heavy atom. The summed E-state index contributed by atoms with van der Waals surface area (Å²) in [5.41, 5.74) is 2.35. The predicted octanol–water partition coefficient (Wildman–Crippen LogP) is 4.34. The molecule has 0 spiro atoms. The number of hydrogen-bond donors (Lipinski definition) is 1. The van der Waals surface area contributed by atoms with Crippen LogP contribution in [0.5, 0.6) is 0 Å². The molecule has 2 aromatic rings. The molecule has 0 aliphatic carbocycles. The molecule has 1 aliphatic rings. The Morgan fingerprint density at radius 1 is 1.04 bits per heavy atom. The van der Waals surface area contributed by atoms with Crippen LogP contribution in [0.4, 0.5) is 11.4 Å². The van der Waals surface area contributed by atoms with E-state index in [1.165, 1.54) is 0 Å². The van der Waals surface area contributed by atoms with Gasteiger partial charge in [0.2, 0.25) is 5.91 Å². The second-order valence-electron chi connectivity index (χ2n) is 6.69. The Labute approximate surface area is 175 Å². The molecule has 146 valence electrons. The highest BCUT2D eigenvalue weighted by atomic mass is 35.5. The molecular formula is C21H22Cl2N4O. The van der Waals surface area contributed by atoms with Crippen molar-refractivity contribution in [1.82, 2.24) is 9.80 Å². The first-order valence-electron chi connectivity index (χ1n) is 9.24. The van der Waals surface area contributed by atoms with Gasteiger partial charge in [0.15, 0.2) is 0 Å². The van der Waals surface area contributed by atoms with Gasteiger partial charge in [0.1, 0.15) is 0 Å². The third-order valence-corrected chi connectivity index (χ3v) is 5.48. The molecule has 1 amide bonds. The van der Waals surface area contributed by atoms with Crippen LogP contribution in [0.2, 0.25) is 10.0 Å². The van der Waals surface area contributed by atoms with Gasteiger partial charge in [-0.15, -0.1) is 0 Å². The molecule has 2 aromatic carbocycles. The van der Waals surface area contributed by atoms with E-state index in [1.807, 2.05) is 29.2 Å². The fourth-order valence-corrected chi connectivity index (χ4v) is 3.74. The molecule has 1 saturated heterocycles. The predicted molar refractivity (Wildman–Crippen MR) is 113 cm³/mol. The number of benzene rings is 2. The van der Waals surface area contributed by atoms with Gasteiger partial charge in [-0.3, -0.25) is 9.69 Å². The molecule has 1 aliphatic heterocycles. The zero-order valence-corrected chi connectivity index (χ0v) is 17.0. The van der Waals surface area contributed by atoms with Crippen molar-refractivity contribution in [2.24, 2.45) is 0 Å². The number of nitrogens with one attached hydrogen (secondary N) is 1. The van der Waals surface area contributed by atoms with E-state index in [-0.39, 0.29) is 5.91 Å². The van der Waals surface area contributed by atoms with Gasteiger partial charge < -0.3 is 10.2 Å². The number of anilines is 2. The summed E-state index contributed by atoms with van der Waals surface area (Å²) < 4.78 is 0. The van der Waals surface area contributed by atoms with Crippen molar-refractivity contribution in [2.75, 3.05) is 38.0 Å². The van der Waals surface area contributed by atoms with Gasteiger partial charge in [0, 0.05) is 44.8 Å². The smallest absolute Gasteiger partial charge is 0.227 e. The summed E-state index contributed by atoms with van der Waals surface area (Å²) in [4.78, 5) is 16.9. The first kappa shape index (κ1) is 20.5. The Kier molecular flexibility index (Phi) is 7.16. The van der Waals surface area contributed by atoms with E-state index in [0.717, 1.165) is 30.9 Å². The lowest BCUT2D eigenvalue weighted by Gasteiger charge is -2.34. The highest BCUT2D eigenvalue weighted by Gasteiger charge is 2.21. The maximum Gasteiger partial charge on any atom is 0.227 e. The maximum absolute atomic E-state index is 12.8. The Balaban J connectivity index is 1.65. The number of nitrogens with zero attached hydrogens (tertiary/aromatic N) is 3. The molecule has 0 unspecified atom stereocenters. The number of nitriles is 1. The number of rotatable bonds is 6. The summed E-state index contributed by atoms with van der Waals surface area (Å²) in [6.07, 6.45) is 0.834. The van der Waals surface area contributed by atoms with Gasteiger partial charge in [-0.05, 0) is 23.8 Å². The van der Waals surface area contributed by atoms with Crippen LogP contribution in [-0.2, 0) is 11.2 Å². The van der Waals surface area contributed by atoms with Gasteiger partial charge in [-0.1, -0.05) is 47.5 Å². The van der Waals surface area contributed by atoms with E-state index in [2.05, 4.69) is 16.3 Å². The van der Waals surface area contributed by atoms with E-state index in [9.17, 15) is 4.79 Å². The van der Waals surface area contributed by atoms with Gasteiger partial charge in [0.05, 0.1) is 28.2 Å². The van der Waals surface area contributed by atoms with Crippen molar-refractivity contribution in [2.45, 2.75) is 12.8 Å². The molecule has 28 heavy (non-hydrogen) atoms. The number of halogens is 2.